The maximum atomic E-state index is 6.34. The minimum atomic E-state index is -0.215. The van der Waals surface area contributed by atoms with Crippen LogP contribution >= 0.6 is 27.3 Å². The van der Waals surface area contributed by atoms with E-state index in [1.54, 1.807) is 18.4 Å². The largest absolute Gasteiger partial charge is 0.496 e. The Labute approximate surface area is 125 Å². The number of benzene rings is 1. The molecule has 0 amide bonds. The third kappa shape index (κ3) is 3.29. The van der Waals surface area contributed by atoms with E-state index < -0.39 is 0 Å². The number of halogens is 1. The van der Waals surface area contributed by atoms with Gasteiger partial charge in [-0.25, -0.2) is 0 Å². The standard InChI is InChI=1S/C14H16BrNO2S/c1-3-18-12-5-4-9(15)6-11(12)14(16)13-7-10(17-2)8-19-13/h4-8,14H,3,16H2,1-2H3. The first-order chi connectivity index (χ1) is 9.15. The van der Waals surface area contributed by atoms with Gasteiger partial charge >= 0.3 is 0 Å². The summed E-state index contributed by atoms with van der Waals surface area (Å²) >= 11 is 5.06. The maximum Gasteiger partial charge on any atom is 0.129 e. The highest BCUT2D eigenvalue weighted by Crippen LogP contribution is 2.35. The number of rotatable bonds is 5. The van der Waals surface area contributed by atoms with Crippen molar-refractivity contribution in [2.24, 2.45) is 5.73 Å². The Morgan fingerprint density at radius 1 is 1.37 bits per heavy atom. The van der Waals surface area contributed by atoms with E-state index in [-0.39, 0.29) is 6.04 Å². The number of ether oxygens (including phenoxy) is 2. The van der Waals surface area contributed by atoms with Crippen LogP contribution < -0.4 is 15.2 Å². The SMILES string of the molecule is CCOc1ccc(Br)cc1C(N)c1cc(OC)cs1. The molecule has 1 heterocycles. The van der Waals surface area contributed by atoms with Crippen molar-refractivity contribution in [2.45, 2.75) is 13.0 Å². The fraction of sp³-hybridized carbons (Fsp3) is 0.286. The number of hydrogen-bond donors (Lipinski definition) is 1. The van der Waals surface area contributed by atoms with Crippen LogP contribution in [0.5, 0.6) is 11.5 Å². The summed E-state index contributed by atoms with van der Waals surface area (Å²) in [6.07, 6.45) is 0. The average Bonchev–Trinajstić information content (AvgIpc) is 2.89. The number of nitrogens with two attached hydrogens (primary N) is 1. The van der Waals surface area contributed by atoms with Gasteiger partial charge in [0, 0.05) is 20.3 Å². The second kappa shape index (κ2) is 6.41. The van der Waals surface area contributed by atoms with Gasteiger partial charge in [0.2, 0.25) is 0 Å². The molecule has 5 heteroatoms. The fourth-order valence-corrected chi connectivity index (χ4v) is 3.06. The molecule has 1 aromatic heterocycles. The van der Waals surface area contributed by atoms with E-state index in [0.29, 0.717) is 6.61 Å². The normalized spacial score (nSPS) is 12.2. The minimum absolute atomic E-state index is 0.215. The first kappa shape index (κ1) is 14.4. The molecule has 1 atom stereocenters. The lowest BCUT2D eigenvalue weighted by atomic mass is 10.1. The quantitative estimate of drug-likeness (QED) is 0.894. The molecule has 0 aliphatic heterocycles. The zero-order valence-electron chi connectivity index (χ0n) is 10.9. The van der Waals surface area contributed by atoms with Gasteiger partial charge in [0.1, 0.15) is 11.5 Å². The predicted octanol–water partition coefficient (Wildman–Crippen LogP) is 3.97. The van der Waals surface area contributed by atoms with E-state index >= 15 is 0 Å². The molecule has 2 aromatic rings. The molecule has 1 aromatic carbocycles. The van der Waals surface area contributed by atoms with Crippen LogP contribution in [0.25, 0.3) is 0 Å². The van der Waals surface area contributed by atoms with Gasteiger partial charge < -0.3 is 15.2 Å². The Bertz CT molecular complexity index is 556. The molecule has 102 valence electrons. The van der Waals surface area contributed by atoms with Gasteiger partial charge in [-0.2, -0.15) is 0 Å². The number of hydrogen-bond acceptors (Lipinski definition) is 4. The van der Waals surface area contributed by atoms with Crippen molar-refractivity contribution in [1.82, 2.24) is 0 Å². The molecule has 3 nitrogen and oxygen atoms in total. The molecule has 19 heavy (non-hydrogen) atoms. The van der Waals surface area contributed by atoms with Crippen LogP contribution in [0.3, 0.4) is 0 Å². The van der Waals surface area contributed by atoms with Crippen LogP contribution in [0, 0.1) is 0 Å². The summed E-state index contributed by atoms with van der Waals surface area (Å²) in [7, 11) is 1.65. The second-order valence-electron chi connectivity index (χ2n) is 3.98. The second-order valence-corrected chi connectivity index (χ2v) is 5.84. The van der Waals surface area contributed by atoms with E-state index in [1.807, 2.05) is 36.6 Å². The summed E-state index contributed by atoms with van der Waals surface area (Å²) in [4.78, 5) is 1.05. The zero-order chi connectivity index (χ0) is 13.8. The van der Waals surface area contributed by atoms with Crippen molar-refractivity contribution in [1.29, 1.82) is 0 Å². The van der Waals surface area contributed by atoms with Gasteiger partial charge in [0.15, 0.2) is 0 Å². The highest BCUT2D eigenvalue weighted by Gasteiger charge is 2.17. The Balaban J connectivity index is 2.36. The first-order valence-electron chi connectivity index (χ1n) is 5.96. The van der Waals surface area contributed by atoms with E-state index in [9.17, 15) is 0 Å². The number of thiophene rings is 1. The Hall–Kier alpha value is -1.04. The highest BCUT2D eigenvalue weighted by atomic mass is 79.9. The molecular formula is C14H16BrNO2S. The molecule has 2 rings (SSSR count). The molecule has 2 N–H and O–H groups in total. The molecule has 0 radical (unpaired) electrons. The van der Waals surface area contributed by atoms with Crippen LogP contribution in [-0.2, 0) is 0 Å². The summed E-state index contributed by atoms with van der Waals surface area (Å²) in [5, 5.41) is 1.95. The van der Waals surface area contributed by atoms with Gasteiger partial charge in [0.05, 0.1) is 19.8 Å². The molecule has 0 spiro atoms. The fourth-order valence-electron chi connectivity index (χ4n) is 1.81. The highest BCUT2D eigenvalue weighted by molar-refractivity contribution is 9.10. The summed E-state index contributed by atoms with van der Waals surface area (Å²) in [6, 6.07) is 7.64. The topological polar surface area (TPSA) is 44.5 Å². The van der Waals surface area contributed by atoms with Crippen molar-refractivity contribution >= 4 is 27.3 Å². The van der Waals surface area contributed by atoms with Crippen LogP contribution in [0.15, 0.2) is 34.1 Å². The van der Waals surface area contributed by atoms with Crippen molar-refractivity contribution in [3.63, 3.8) is 0 Å². The monoisotopic (exact) mass is 341 g/mol. The van der Waals surface area contributed by atoms with Crippen molar-refractivity contribution in [3.05, 3.63) is 44.6 Å². The summed E-state index contributed by atoms with van der Waals surface area (Å²) in [6.45, 7) is 2.58. The first-order valence-corrected chi connectivity index (χ1v) is 7.63. The van der Waals surface area contributed by atoms with Crippen LogP contribution in [0.4, 0.5) is 0 Å². The van der Waals surface area contributed by atoms with Gasteiger partial charge in [-0.15, -0.1) is 11.3 Å². The van der Waals surface area contributed by atoms with Crippen molar-refractivity contribution in [2.75, 3.05) is 13.7 Å². The lowest BCUT2D eigenvalue weighted by molar-refractivity contribution is 0.335. The average molecular weight is 342 g/mol. The van der Waals surface area contributed by atoms with E-state index in [1.165, 1.54) is 0 Å². The van der Waals surface area contributed by atoms with Crippen molar-refractivity contribution in [3.8, 4) is 11.5 Å². The smallest absolute Gasteiger partial charge is 0.129 e. The Morgan fingerprint density at radius 3 is 2.79 bits per heavy atom. The number of methoxy groups -OCH3 is 1. The molecule has 1 unspecified atom stereocenters. The lowest BCUT2D eigenvalue weighted by Gasteiger charge is -2.15. The van der Waals surface area contributed by atoms with Crippen molar-refractivity contribution < 1.29 is 9.47 Å². The molecule has 0 bridgehead atoms. The molecule has 0 saturated heterocycles. The Kier molecular flexibility index (Phi) is 4.85. The zero-order valence-corrected chi connectivity index (χ0v) is 13.3. The third-order valence-electron chi connectivity index (χ3n) is 2.74. The molecule has 0 saturated carbocycles. The van der Waals surface area contributed by atoms with Crippen LogP contribution in [0.2, 0.25) is 0 Å². The third-order valence-corrected chi connectivity index (χ3v) is 4.23. The molecule has 0 aliphatic rings. The van der Waals surface area contributed by atoms with E-state index in [0.717, 1.165) is 26.4 Å². The van der Waals surface area contributed by atoms with Gasteiger partial charge in [-0.05, 0) is 31.2 Å². The molecular weight excluding hydrogens is 326 g/mol. The lowest BCUT2D eigenvalue weighted by Crippen LogP contribution is -2.12. The summed E-state index contributed by atoms with van der Waals surface area (Å²) in [5.74, 6) is 1.66. The molecule has 0 aliphatic carbocycles. The van der Waals surface area contributed by atoms with Crippen LogP contribution in [-0.4, -0.2) is 13.7 Å². The Morgan fingerprint density at radius 2 is 2.16 bits per heavy atom. The summed E-state index contributed by atoms with van der Waals surface area (Å²) in [5.41, 5.74) is 7.31. The maximum absolute atomic E-state index is 6.34. The van der Waals surface area contributed by atoms with Gasteiger partial charge in [-0.3, -0.25) is 0 Å². The predicted molar refractivity (Wildman–Crippen MR) is 82.2 cm³/mol. The summed E-state index contributed by atoms with van der Waals surface area (Å²) < 4.78 is 11.8. The van der Waals surface area contributed by atoms with Gasteiger partial charge in [0.25, 0.3) is 0 Å². The van der Waals surface area contributed by atoms with E-state index in [4.69, 9.17) is 15.2 Å². The van der Waals surface area contributed by atoms with Gasteiger partial charge in [-0.1, -0.05) is 15.9 Å². The van der Waals surface area contributed by atoms with E-state index in [2.05, 4.69) is 15.9 Å². The van der Waals surface area contributed by atoms with Crippen LogP contribution in [0.1, 0.15) is 23.4 Å². The minimum Gasteiger partial charge on any atom is -0.496 e. The molecule has 0 fully saturated rings.